The molecule has 2 rings (SSSR count). The Morgan fingerprint density at radius 1 is 0.592 bits per heavy atom. The Balaban J connectivity index is 2.73. The van der Waals surface area contributed by atoms with E-state index in [0.717, 1.165) is 0 Å². The van der Waals surface area contributed by atoms with Gasteiger partial charge in [-0.15, -0.1) is 0 Å². The maximum atomic E-state index is 13.6. The van der Waals surface area contributed by atoms with Gasteiger partial charge in [0.1, 0.15) is 22.4 Å². The van der Waals surface area contributed by atoms with Crippen LogP contribution in [0.25, 0.3) is 0 Å². The molecule has 0 radical (unpaired) electrons. The van der Waals surface area contributed by atoms with Crippen LogP contribution in [0.2, 0.25) is 0 Å². The van der Waals surface area contributed by atoms with Crippen LogP contribution >= 0.6 is 0 Å². The van der Waals surface area contributed by atoms with Gasteiger partial charge < -0.3 is 24.1 Å². The summed E-state index contributed by atoms with van der Waals surface area (Å²) in [6.07, 6.45) is 1.81. The van der Waals surface area contributed by atoms with Crippen molar-refractivity contribution in [3.8, 4) is 0 Å². The molecule has 1 saturated heterocycles. The molecule has 0 aromatic rings. The number of carboxylic acid groups (broad SMARTS) is 1. The molecule has 13 nitrogen and oxygen atoms in total. The van der Waals surface area contributed by atoms with Crippen molar-refractivity contribution in [1.29, 1.82) is 0 Å². The van der Waals surface area contributed by atoms with Crippen molar-refractivity contribution < 1.29 is 48.0 Å². The molecule has 1 aliphatic heterocycles. The third-order valence-electron chi connectivity index (χ3n) is 8.22. The van der Waals surface area contributed by atoms with Crippen LogP contribution < -0.4 is 0 Å². The average Bonchev–Trinajstić information content (AvgIpc) is 3.03. The fourth-order valence-corrected chi connectivity index (χ4v) is 6.67. The number of aliphatic carboxylic acids is 1. The second kappa shape index (κ2) is 16.5. The Kier molecular flexibility index (Phi) is 14.3. The van der Waals surface area contributed by atoms with Crippen LogP contribution in [0, 0.1) is 11.8 Å². The number of nitrogens with zero attached hydrogens (tertiary/aromatic N) is 3. The van der Waals surface area contributed by atoms with Gasteiger partial charge in [0.15, 0.2) is 0 Å². The molecule has 0 atom stereocenters. The maximum Gasteiger partial charge on any atom is 0.320 e. The van der Waals surface area contributed by atoms with Gasteiger partial charge >= 0.3 is 29.8 Å². The molecule has 0 unspecified atom stereocenters. The van der Waals surface area contributed by atoms with Crippen molar-refractivity contribution in [2.45, 2.75) is 137 Å². The van der Waals surface area contributed by atoms with Crippen molar-refractivity contribution in [3.05, 3.63) is 0 Å². The minimum atomic E-state index is -1.02. The minimum Gasteiger partial charge on any atom is -0.481 e. The molecular weight excluding hydrogens is 634 g/mol. The molecule has 13 heteroatoms. The fourth-order valence-electron chi connectivity index (χ4n) is 6.67. The van der Waals surface area contributed by atoms with Crippen molar-refractivity contribution in [2.24, 2.45) is 11.8 Å². The topological polar surface area (TPSA) is 152 Å². The third kappa shape index (κ3) is 15.3. The zero-order valence-corrected chi connectivity index (χ0v) is 32.1. The predicted octanol–water partition coefficient (Wildman–Crippen LogP) is 3.90. The Bertz CT molecular complexity index is 1100. The van der Waals surface area contributed by atoms with Gasteiger partial charge in [0.25, 0.3) is 0 Å². The normalized spacial score (nSPS) is 21.4. The van der Waals surface area contributed by atoms with Crippen LogP contribution in [-0.4, -0.2) is 130 Å². The fraction of sp³-hybridized carbons (Fsp3) is 0.861. The van der Waals surface area contributed by atoms with E-state index in [-0.39, 0.29) is 45.2 Å². The van der Waals surface area contributed by atoms with Crippen LogP contribution in [0.3, 0.4) is 0 Å². The standard InChI is InChI=1S/C36H63N3O10/c1-32(2,3)46-27(40)19-37-17-18-38(20-28(41)47-33(4,5)6)24-36(23-37,26-15-13-25(14-16-26)31(44)45)39(21-29(42)48-34(7,8)9)22-30(43)49-35(10,11)12/h25-26H,13-24H2,1-12H3,(H,44,45). The van der Waals surface area contributed by atoms with Crippen LogP contribution in [0.4, 0.5) is 0 Å². The first kappa shape index (κ1) is 42.4. The van der Waals surface area contributed by atoms with E-state index < -0.39 is 63.7 Å². The quantitative estimate of drug-likeness (QED) is 0.246. The molecule has 1 aliphatic carbocycles. The summed E-state index contributed by atoms with van der Waals surface area (Å²) in [4.78, 5) is 71.3. The van der Waals surface area contributed by atoms with Gasteiger partial charge in [0.05, 0.1) is 37.6 Å². The number of carbonyl (C=O) groups is 5. The Hall–Kier alpha value is -2.77. The highest BCUT2D eigenvalue weighted by molar-refractivity contribution is 5.76. The number of carbonyl (C=O) groups excluding carboxylic acids is 4. The molecule has 0 spiro atoms. The summed E-state index contributed by atoms with van der Waals surface area (Å²) in [5.74, 6) is -3.53. The summed E-state index contributed by atoms with van der Waals surface area (Å²) in [5.41, 5.74) is -4.03. The van der Waals surface area contributed by atoms with Crippen LogP contribution in [0.5, 0.6) is 0 Å². The van der Waals surface area contributed by atoms with E-state index in [0.29, 0.717) is 38.8 Å². The summed E-state index contributed by atoms with van der Waals surface area (Å²) in [7, 11) is 0. The lowest BCUT2D eigenvalue weighted by Gasteiger charge is -2.52. The molecule has 2 fully saturated rings. The molecule has 0 bridgehead atoms. The Labute approximate surface area is 293 Å². The third-order valence-corrected chi connectivity index (χ3v) is 8.22. The largest absolute Gasteiger partial charge is 0.481 e. The van der Waals surface area contributed by atoms with Gasteiger partial charge in [-0.3, -0.25) is 38.7 Å². The highest BCUT2D eigenvalue weighted by atomic mass is 16.6. The smallest absolute Gasteiger partial charge is 0.320 e. The van der Waals surface area contributed by atoms with Gasteiger partial charge in [-0.1, -0.05) is 0 Å². The van der Waals surface area contributed by atoms with Crippen molar-refractivity contribution in [1.82, 2.24) is 14.7 Å². The van der Waals surface area contributed by atoms with Crippen molar-refractivity contribution >= 4 is 29.8 Å². The molecule has 1 N–H and O–H groups in total. The van der Waals surface area contributed by atoms with Gasteiger partial charge in [0.2, 0.25) is 0 Å². The van der Waals surface area contributed by atoms with E-state index in [1.807, 2.05) is 9.80 Å². The van der Waals surface area contributed by atoms with Gasteiger partial charge in [0, 0.05) is 26.2 Å². The monoisotopic (exact) mass is 697 g/mol. The summed E-state index contributed by atoms with van der Waals surface area (Å²) >= 11 is 0. The van der Waals surface area contributed by atoms with Crippen molar-refractivity contribution in [3.63, 3.8) is 0 Å². The predicted molar refractivity (Wildman–Crippen MR) is 184 cm³/mol. The molecule has 0 aromatic heterocycles. The van der Waals surface area contributed by atoms with E-state index in [1.165, 1.54) is 0 Å². The number of ether oxygens (including phenoxy) is 4. The van der Waals surface area contributed by atoms with Gasteiger partial charge in [-0.25, -0.2) is 0 Å². The summed E-state index contributed by atoms with van der Waals surface area (Å²) in [6, 6.07) is 0. The van der Waals surface area contributed by atoms with Gasteiger partial charge in [-0.2, -0.15) is 0 Å². The second-order valence-electron chi connectivity index (χ2n) is 17.6. The van der Waals surface area contributed by atoms with Crippen molar-refractivity contribution in [2.75, 3.05) is 52.4 Å². The first-order valence-electron chi connectivity index (χ1n) is 17.5. The zero-order chi connectivity index (χ0) is 37.6. The average molecular weight is 698 g/mol. The Morgan fingerprint density at radius 2 is 0.918 bits per heavy atom. The van der Waals surface area contributed by atoms with E-state index in [4.69, 9.17) is 18.9 Å². The van der Waals surface area contributed by atoms with Crippen LogP contribution in [0.15, 0.2) is 0 Å². The van der Waals surface area contributed by atoms with Crippen LogP contribution in [-0.2, 0) is 42.9 Å². The molecule has 0 aromatic carbocycles. The van der Waals surface area contributed by atoms with E-state index >= 15 is 0 Å². The molecule has 0 amide bonds. The second-order valence-corrected chi connectivity index (χ2v) is 17.6. The summed E-state index contributed by atoms with van der Waals surface area (Å²) in [6.45, 7) is 22.0. The number of hydrogen-bond acceptors (Lipinski definition) is 12. The molecule has 2 aliphatic rings. The Morgan fingerprint density at radius 3 is 1.22 bits per heavy atom. The lowest BCUT2D eigenvalue weighted by Crippen LogP contribution is -2.66. The molecule has 1 heterocycles. The molecule has 49 heavy (non-hydrogen) atoms. The minimum absolute atomic E-state index is 0.0590. The number of carboxylic acids is 1. The highest BCUT2D eigenvalue weighted by Gasteiger charge is 2.51. The van der Waals surface area contributed by atoms with E-state index in [2.05, 4.69) is 0 Å². The number of hydrogen-bond donors (Lipinski definition) is 1. The first-order valence-corrected chi connectivity index (χ1v) is 17.5. The highest BCUT2D eigenvalue weighted by Crippen LogP contribution is 2.41. The van der Waals surface area contributed by atoms with Gasteiger partial charge in [-0.05, 0) is 115 Å². The van der Waals surface area contributed by atoms with Crippen LogP contribution in [0.1, 0.15) is 109 Å². The number of esters is 4. The SMILES string of the molecule is CC(C)(C)OC(=O)CN1CCN(CC(=O)OC(C)(C)C)CC(C2CCC(C(=O)O)CC2)(N(CC(=O)OC(C)(C)C)CC(=O)OC(C)(C)C)C1. The molecule has 1 saturated carbocycles. The molecule has 282 valence electrons. The maximum absolute atomic E-state index is 13.6. The zero-order valence-electron chi connectivity index (χ0n) is 32.1. The first-order chi connectivity index (χ1) is 22.2. The summed E-state index contributed by atoms with van der Waals surface area (Å²) in [5, 5.41) is 9.82. The molecular formula is C36H63N3O10. The van der Waals surface area contributed by atoms with E-state index in [1.54, 1.807) is 88.0 Å². The lowest BCUT2D eigenvalue weighted by atomic mass is 9.70. The summed E-state index contributed by atoms with van der Waals surface area (Å²) < 4.78 is 22.9. The van der Waals surface area contributed by atoms with E-state index in [9.17, 15) is 29.1 Å². The lowest BCUT2D eigenvalue weighted by molar-refractivity contribution is -0.168. The number of rotatable bonds is 11.